The van der Waals surface area contributed by atoms with Gasteiger partial charge in [0.05, 0.1) is 5.38 Å². The van der Waals surface area contributed by atoms with Gasteiger partial charge in [0.15, 0.2) is 0 Å². The quantitative estimate of drug-likeness (QED) is 0.784. The Kier molecular flexibility index (Phi) is 3.79. The molecule has 2 heterocycles. The largest absolute Gasteiger partial charge is 0.355 e. The number of aromatic nitrogens is 1. The predicted molar refractivity (Wildman–Crippen MR) is 71.6 cm³/mol. The first kappa shape index (κ1) is 13.6. The maximum Gasteiger partial charge on any atom is 0.244 e. The number of halogens is 1. The minimum Gasteiger partial charge on any atom is -0.355 e. The highest BCUT2D eigenvalue weighted by molar-refractivity contribution is 7.89. The average molecular weight is 290 g/mol. The highest BCUT2D eigenvalue weighted by atomic mass is 35.5. The van der Waals surface area contributed by atoms with Crippen LogP contribution in [0.5, 0.6) is 0 Å². The van der Waals surface area contributed by atoms with Gasteiger partial charge < -0.3 is 4.90 Å². The van der Waals surface area contributed by atoms with Crippen LogP contribution in [0.2, 0.25) is 0 Å². The summed E-state index contributed by atoms with van der Waals surface area (Å²) in [4.78, 5) is 6.47. The van der Waals surface area contributed by atoms with Crippen LogP contribution < -0.4 is 4.90 Å². The number of nitrogens with zero attached hydrogens (tertiary/aromatic N) is 3. The maximum absolute atomic E-state index is 11.9. The molecule has 1 aromatic heterocycles. The molecule has 0 spiro atoms. The molecule has 1 fully saturated rings. The average Bonchev–Trinajstić information content (AvgIpc) is 2.76. The van der Waals surface area contributed by atoms with Crippen LogP contribution in [0, 0.1) is 0 Å². The first-order chi connectivity index (χ1) is 8.41. The van der Waals surface area contributed by atoms with Gasteiger partial charge in [0.25, 0.3) is 0 Å². The highest BCUT2D eigenvalue weighted by Gasteiger charge is 2.22. The Labute approximate surface area is 112 Å². The van der Waals surface area contributed by atoms with E-state index in [-0.39, 0.29) is 10.3 Å². The molecule has 0 saturated carbocycles. The van der Waals surface area contributed by atoms with Crippen LogP contribution in [0.4, 0.5) is 5.82 Å². The predicted octanol–water partition coefficient (Wildman–Crippen LogP) is 1.15. The summed E-state index contributed by atoms with van der Waals surface area (Å²) in [5.74, 6) is 0.774. The molecule has 2 rings (SSSR count). The van der Waals surface area contributed by atoms with Gasteiger partial charge in [0.2, 0.25) is 10.0 Å². The van der Waals surface area contributed by atoms with Gasteiger partial charge in [-0.2, -0.15) is 0 Å². The van der Waals surface area contributed by atoms with Crippen LogP contribution in [-0.4, -0.2) is 50.3 Å². The van der Waals surface area contributed by atoms with Crippen molar-refractivity contribution < 1.29 is 8.42 Å². The molecule has 0 bridgehead atoms. The Morgan fingerprint density at radius 3 is 2.61 bits per heavy atom. The second-order valence-electron chi connectivity index (χ2n) is 4.47. The molecule has 0 aromatic carbocycles. The lowest BCUT2D eigenvalue weighted by Crippen LogP contribution is -2.23. The monoisotopic (exact) mass is 289 g/mol. The minimum absolute atomic E-state index is 0.150. The molecule has 0 amide bonds. The van der Waals surface area contributed by atoms with E-state index in [0.717, 1.165) is 25.3 Å². The molecule has 18 heavy (non-hydrogen) atoms. The van der Waals surface area contributed by atoms with Gasteiger partial charge in [-0.3, -0.25) is 0 Å². The van der Waals surface area contributed by atoms with Crippen LogP contribution in [0.1, 0.15) is 6.42 Å². The topological polar surface area (TPSA) is 53.5 Å². The van der Waals surface area contributed by atoms with Gasteiger partial charge in [-0.1, -0.05) is 0 Å². The van der Waals surface area contributed by atoms with E-state index in [4.69, 9.17) is 11.6 Å². The third-order valence-electron chi connectivity index (χ3n) is 2.95. The molecular weight excluding hydrogens is 274 g/mol. The Balaban J connectivity index is 2.21. The van der Waals surface area contributed by atoms with Crippen LogP contribution in [0.3, 0.4) is 0 Å². The van der Waals surface area contributed by atoms with Gasteiger partial charge in [-0.05, 0) is 18.6 Å². The summed E-state index contributed by atoms with van der Waals surface area (Å²) in [7, 11) is -0.398. The van der Waals surface area contributed by atoms with Crippen molar-refractivity contribution >= 4 is 27.4 Å². The fourth-order valence-corrected chi connectivity index (χ4v) is 2.96. The molecule has 0 N–H and O–H groups in total. The lowest BCUT2D eigenvalue weighted by atomic mass is 10.4. The Bertz CT molecular complexity index is 516. The summed E-state index contributed by atoms with van der Waals surface area (Å²) in [6.45, 7) is 1.62. The standard InChI is InChI=1S/C11H16ClN3O2S/c1-14(2)18(16,17)10-3-4-11(13-7-10)15-6-5-9(12)8-15/h3-4,7,9H,5-6,8H2,1-2H3. The third kappa shape index (κ3) is 2.60. The number of sulfonamides is 1. The summed E-state index contributed by atoms with van der Waals surface area (Å²) in [6.07, 6.45) is 2.33. The van der Waals surface area contributed by atoms with Crippen molar-refractivity contribution in [1.82, 2.24) is 9.29 Å². The van der Waals surface area contributed by atoms with E-state index in [2.05, 4.69) is 9.88 Å². The molecule has 1 aliphatic heterocycles. The normalized spacial score (nSPS) is 20.7. The van der Waals surface area contributed by atoms with Crippen molar-refractivity contribution in [3.8, 4) is 0 Å². The van der Waals surface area contributed by atoms with E-state index in [1.807, 2.05) is 0 Å². The molecule has 0 radical (unpaired) electrons. The van der Waals surface area contributed by atoms with Gasteiger partial charge in [-0.15, -0.1) is 11.6 Å². The highest BCUT2D eigenvalue weighted by Crippen LogP contribution is 2.22. The van der Waals surface area contributed by atoms with E-state index in [1.54, 1.807) is 12.1 Å². The SMILES string of the molecule is CN(C)S(=O)(=O)c1ccc(N2CCC(Cl)C2)nc1. The fraction of sp³-hybridized carbons (Fsp3) is 0.545. The molecule has 1 aliphatic rings. The lowest BCUT2D eigenvalue weighted by molar-refractivity contribution is 0.520. The molecule has 1 atom stereocenters. The Morgan fingerprint density at radius 2 is 2.17 bits per heavy atom. The molecule has 1 saturated heterocycles. The van der Waals surface area contributed by atoms with E-state index >= 15 is 0 Å². The molecule has 5 nitrogen and oxygen atoms in total. The number of alkyl halides is 1. The number of hydrogen-bond acceptors (Lipinski definition) is 4. The Hall–Kier alpha value is -0.850. The first-order valence-corrected chi connectivity index (χ1v) is 7.56. The molecule has 7 heteroatoms. The van der Waals surface area contributed by atoms with Gasteiger partial charge >= 0.3 is 0 Å². The van der Waals surface area contributed by atoms with Crippen LogP contribution in [-0.2, 0) is 10.0 Å². The van der Waals surface area contributed by atoms with Crippen molar-refractivity contribution in [3.63, 3.8) is 0 Å². The minimum atomic E-state index is -3.40. The van der Waals surface area contributed by atoms with Gasteiger partial charge in [0, 0.05) is 33.4 Å². The molecule has 1 unspecified atom stereocenters. The zero-order valence-electron chi connectivity index (χ0n) is 10.4. The molecule has 0 aliphatic carbocycles. The van der Waals surface area contributed by atoms with E-state index < -0.39 is 10.0 Å². The third-order valence-corrected chi connectivity index (χ3v) is 5.11. The summed E-state index contributed by atoms with van der Waals surface area (Å²) in [5.41, 5.74) is 0. The van der Waals surface area contributed by atoms with E-state index in [9.17, 15) is 8.42 Å². The van der Waals surface area contributed by atoms with E-state index in [0.29, 0.717) is 0 Å². The number of hydrogen-bond donors (Lipinski definition) is 0. The summed E-state index contributed by atoms with van der Waals surface area (Å²) in [5, 5.41) is 0.150. The van der Waals surface area contributed by atoms with Crippen LogP contribution in [0.25, 0.3) is 0 Å². The van der Waals surface area contributed by atoms with Gasteiger partial charge in [0.1, 0.15) is 10.7 Å². The zero-order chi connectivity index (χ0) is 13.3. The van der Waals surface area contributed by atoms with E-state index in [1.165, 1.54) is 24.6 Å². The number of anilines is 1. The van der Waals surface area contributed by atoms with Crippen molar-refractivity contribution in [2.24, 2.45) is 0 Å². The number of rotatable bonds is 3. The molecule has 1 aromatic rings. The van der Waals surface area contributed by atoms with Crippen molar-refractivity contribution in [2.45, 2.75) is 16.7 Å². The fourth-order valence-electron chi connectivity index (χ4n) is 1.85. The first-order valence-electron chi connectivity index (χ1n) is 5.69. The van der Waals surface area contributed by atoms with Crippen molar-refractivity contribution in [2.75, 3.05) is 32.1 Å². The van der Waals surface area contributed by atoms with Gasteiger partial charge in [-0.25, -0.2) is 17.7 Å². The van der Waals surface area contributed by atoms with Crippen molar-refractivity contribution in [1.29, 1.82) is 0 Å². The summed E-state index contributed by atoms with van der Waals surface area (Å²) >= 11 is 6.03. The van der Waals surface area contributed by atoms with Crippen LogP contribution >= 0.6 is 11.6 Å². The summed E-state index contributed by atoms with van der Waals surface area (Å²) in [6, 6.07) is 3.31. The zero-order valence-corrected chi connectivity index (χ0v) is 11.9. The number of pyridine rings is 1. The van der Waals surface area contributed by atoms with Crippen molar-refractivity contribution in [3.05, 3.63) is 18.3 Å². The van der Waals surface area contributed by atoms with Crippen LogP contribution in [0.15, 0.2) is 23.2 Å². The summed E-state index contributed by atoms with van der Waals surface area (Å²) < 4.78 is 24.9. The lowest BCUT2D eigenvalue weighted by Gasteiger charge is -2.17. The Morgan fingerprint density at radius 1 is 1.44 bits per heavy atom. The second kappa shape index (κ2) is 5.03. The second-order valence-corrected chi connectivity index (χ2v) is 7.24. The maximum atomic E-state index is 11.9. The molecular formula is C11H16ClN3O2S. The molecule has 100 valence electrons. The smallest absolute Gasteiger partial charge is 0.244 e.